The number of aromatic nitrogens is 5. The lowest BCUT2D eigenvalue weighted by Crippen LogP contribution is -2.02. The van der Waals surface area contributed by atoms with Crippen LogP contribution in [0, 0.1) is 6.92 Å². The fourth-order valence-corrected chi connectivity index (χ4v) is 9.27. The topological polar surface area (TPSA) is 48.5 Å². The molecule has 3 heterocycles. The van der Waals surface area contributed by atoms with Crippen LogP contribution < -0.4 is 0 Å². The van der Waals surface area contributed by atoms with Gasteiger partial charge in [-0.15, -0.1) is 0 Å². The Morgan fingerprint density at radius 3 is 1.40 bits per heavy atom. The number of nitrogens with zero attached hydrogens (tertiary/aromatic N) is 5. The highest BCUT2D eigenvalue weighted by Gasteiger charge is 2.21. The van der Waals surface area contributed by atoms with Crippen LogP contribution in [0.1, 0.15) is 5.56 Å². The molecule has 0 fully saturated rings. The lowest BCUT2D eigenvalue weighted by Gasteiger charge is -2.17. The Labute approximate surface area is 364 Å². The summed E-state index contributed by atoms with van der Waals surface area (Å²) in [5.74, 6) is 1.87. The van der Waals surface area contributed by atoms with Crippen molar-refractivity contribution in [3.63, 3.8) is 0 Å². The molecule has 0 saturated heterocycles. The first-order valence-electron chi connectivity index (χ1n) is 21.4. The first-order chi connectivity index (χ1) is 31.1. The zero-order valence-corrected chi connectivity index (χ0v) is 34.5. The van der Waals surface area contributed by atoms with Crippen LogP contribution in [-0.4, -0.2) is 24.1 Å². The largest absolute Gasteiger partial charge is 0.309 e. The molecule has 5 heteroatoms. The molecule has 0 amide bonds. The van der Waals surface area contributed by atoms with Gasteiger partial charge in [-0.2, -0.15) is 0 Å². The zero-order chi connectivity index (χ0) is 41.9. The van der Waals surface area contributed by atoms with E-state index in [0.29, 0.717) is 17.5 Å². The Balaban J connectivity index is 1.07. The summed E-state index contributed by atoms with van der Waals surface area (Å²) >= 11 is 0. The van der Waals surface area contributed by atoms with Crippen LogP contribution in [0.3, 0.4) is 0 Å². The SMILES string of the molecule is Cc1cccc(-c2nc(-c3ccc(-c4ccccc4)cc3)nc(-c3ccc(-c4ccccc4)c(-n4c5ccccc5c5cc(-n6c7ccccc7c7ccccc76)ccc54)c3)n2)c1. The van der Waals surface area contributed by atoms with Crippen molar-refractivity contribution in [2.75, 3.05) is 0 Å². The molecule has 0 unspecified atom stereocenters. The number of benzene rings is 9. The molecule has 0 aliphatic carbocycles. The summed E-state index contributed by atoms with van der Waals surface area (Å²) in [4.78, 5) is 15.5. The second-order valence-electron chi connectivity index (χ2n) is 16.1. The van der Waals surface area contributed by atoms with Gasteiger partial charge in [-0.05, 0) is 72.1 Å². The van der Waals surface area contributed by atoms with Crippen molar-refractivity contribution >= 4 is 43.6 Å². The molecule has 0 radical (unpaired) electrons. The zero-order valence-electron chi connectivity index (χ0n) is 34.5. The lowest BCUT2D eigenvalue weighted by molar-refractivity contribution is 1.07. The van der Waals surface area contributed by atoms with Gasteiger partial charge in [0.25, 0.3) is 0 Å². The Hall–Kier alpha value is -8.41. The monoisotopic (exact) mass is 805 g/mol. The third-order valence-electron chi connectivity index (χ3n) is 12.2. The van der Waals surface area contributed by atoms with Gasteiger partial charge in [0.2, 0.25) is 0 Å². The van der Waals surface area contributed by atoms with E-state index < -0.39 is 0 Å². The normalized spacial score (nSPS) is 11.6. The van der Waals surface area contributed by atoms with Crippen LogP contribution in [0.25, 0.3) is 111 Å². The maximum Gasteiger partial charge on any atom is 0.164 e. The molecule has 12 rings (SSSR count). The predicted octanol–water partition coefficient (Wildman–Crippen LogP) is 14.7. The van der Waals surface area contributed by atoms with Gasteiger partial charge in [0.15, 0.2) is 17.5 Å². The maximum absolute atomic E-state index is 5.23. The fraction of sp³-hybridized carbons (Fsp3) is 0.0172. The molecule has 63 heavy (non-hydrogen) atoms. The quantitative estimate of drug-likeness (QED) is 0.161. The molecule has 0 spiro atoms. The van der Waals surface area contributed by atoms with E-state index in [0.717, 1.165) is 61.4 Å². The molecule has 9 aromatic carbocycles. The standard InChI is InChI=1S/C58H39N5/c1-38-15-14-20-43(35-38)57-59-56(42-29-27-40(28-30-42)39-16-4-2-5-17-39)60-58(61-57)44-31-33-46(41-18-6-3-7-19-41)55(36-44)63-53-26-13-10-23-49(53)50-37-45(32-34-54(50)63)62-51-24-11-8-21-47(51)48-22-9-12-25-52(48)62/h2-37H,1H3. The summed E-state index contributed by atoms with van der Waals surface area (Å²) in [6.45, 7) is 2.10. The minimum atomic E-state index is 0.610. The van der Waals surface area contributed by atoms with Gasteiger partial charge in [-0.25, -0.2) is 15.0 Å². The van der Waals surface area contributed by atoms with Gasteiger partial charge >= 0.3 is 0 Å². The molecule has 0 N–H and O–H groups in total. The van der Waals surface area contributed by atoms with Gasteiger partial charge < -0.3 is 9.13 Å². The molecule has 0 aliphatic rings. The van der Waals surface area contributed by atoms with E-state index in [2.05, 4.69) is 228 Å². The number of rotatable bonds is 7. The van der Waals surface area contributed by atoms with E-state index in [9.17, 15) is 0 Å². The predicted molar refractivity (Wildman–Crippen MR) is 260 cm³/mol. The summed E-state index contributed by atoms with van der Waals surface area (Å²) in [5.41, 5.74) is 15.2. The van der Waals surface area contributed by atoms with Crippen molar-refractivity contribution < 1.29 is 0 Å². The second kappa shape index (κ2) is 14.9. The summed E-state index contributed by atoms with van der Waals surface area (Å²) in [6.07, 6.45) is 0. The third-order valence-corrected chi connectivity index (χ3v) is 12.2. The lowest BCUT2D eigenvalue weighted by atomic mass is 10.0. The highest BCUT2D eigenvalue weighted by molar-refractivity contribution is 6.12. The number of fused-ring (bicyclic) bond motifs is 6. The van der Waals surface area contributed by atoms with Crippen LogP contribution >= 0.6 is 0 Å². The number of para-hydroxylation sites is 3. The van der Waals surface area contributed by atoms with E-state index >= 15 is 0 Å². The summed E-state index contributed by atoms with van der Waals surface area (Å²) in [6, 6.07) is 77.6. The molecule has 0 atom stereocenters. The number of aryl methyl sites for hydroxylation is 1. The van der Waals surface area contributed by atoms with Crippen LogP contribution in [0.2, 0.25) is 0 Å². The Kier molecular flexibility index (Phi) is 8.64. The maximum atomic E-state index is 5.23. The van der Waals surface area contributed by atoms with Crippen LogP contribution in [-0.2, 0) is 0 Å². The molecular formula is C58H39N5. The average Bonchev–Trinajstić information content (AvgIpc) is 3.87. The van der Waals surface area contributed by atoms with E-state index in [1.54, 1.807) is 0 Å². The van der Waals surface area contributed by atoms with Crippen molar-refractivity contribution in [3.8, 4) is 67.8 Å². The smallest absolute Gasteiger partial charge is 0.164 e. The van der Waals surface area contributed by atoms with Crippen molar-refractivity contribution in [2.45, 2.75) is 6.92 Å². The highest BCUT2D eigenvalue weighted by atomic mass is 15.0. The van der Waals surface area contributed by atoms with Crippen molar-refractivity contribution in [3.05, 3.63) is 224 Å². The van der Waals surface area contributed by atoms with Gasteiger partial charge in [0.1, 0.15) is 0 Å². The molecule has 0 aliphatic heterocycles. The Morgan fingerprint density at radius 1 is 0.302 bits per heavy atom. The minimum absolute atomic E-state index is 0.610. The van der Waals surface area contributed by atoms with E-state index in [1.165, 1.54) is 38.1 Å². The first kappa shape index (κ1) is 36.4. The van der Waals surface area contributed by atoms with E-state index in [-0.39, 0.29) is 0 Å². The van der Waals surface area contributed by atoms with Gasteiger partial charge in [-0.1, -0.05) is 175 Å². The van der Waals surface area contributed by atoms with Crippen molar-refractivity contribution in [1.29, 1.82) is 0 Å². The Bertz CT molecular complexity index is 3620. The highest BCUT2D eigenvalue weighted by Crippen LogP contribution is 2.40. The molecule has 3 aromatic heterocycles. The van der Waals surface area contributed by atoms with Gasteiger partial charge in [0.05, 0.1) is 27.8 Å². The fourth-order valence-electron chi connectivity index (χ4n) is 9.27. The summed E-state index contributed by atoms with van der Waals surface area (Å²) in [7, 11) is 0. The molecule has 0 saturated carbocycles. The molecule has 0 bridgehead atoms. The van der Waals surface area contributed by atoms with Crippen molar-refractivity contribution in [2.24, 2.45) is 0 Å². The number of hydrogen-bond acceptors (Lipinski definition) is 3. The minimum Gasteiger partial charge on any atom is -0.309 e. The van der Waals surface area contributed by atoms with Crippen LogP contribution in [0.5, 0.6) is 0 Å². The third kappa shape index (κ3) is 6.29. The number of hydrogen-bond donors (Lipinski definition) is 0. The van der Waals surface area contributed by atoms with Crippen molar-refractivity contribution in [1.82, 2.24) is 24.1 Å². The summed E-state index contributed by atoms with van der Waals surface area (Å²) in [5, 5.41) is 4.85. The van der Waals surface area contributed by atoms with E-state index in [4.69, 9.17) is 15.0 Å². The molecule has 12 aromatic rings. The first-order valence-corrected chi connectivity index (χ1v) is 21.4. The second-order valence-corrected chi connectivity index (χ2v) is 16.1. The van der Waals surface area contributed by atoms with Crippen LogP contribution in [0.15, 0.2) is 218 Å². The van der Waals surface area contributed by atoms with E-state index in [1.807, 2.05) is 6.07 Å². The molecular weight excluding hydrogens is 767 g/mol. The molecule has 5 nitrogen and oxygen atoms in total. The summed E-state index contributed by atoms with van der Waals surface area (Å²) < 4.78 is 4.81. The van der Waals surface area contributed by atoms with Gasteiger partial charge in [0, 0.05) is 49.5 Å². The average molecular weight is 806 g/mol. The Morgan fingerprint density at radius 2 is 0.762 bits per heavy atom. The molecule has 296 valence electrons. The van der Waals surface area contributed by atoms with Crippen LogP contribution in [0.4, 0.5) is 0 Å². The van der Waals surface area contributed by atoms with Gasteiger partial charge in [-0.3, -0.25) is 0 Å².